The summed E-state index contributed by atoms with van der Waals surface area (Å²) in [6.07, 6.45) is 0. The first-order valence-electron chi connectivity index (χ1n) is 6.41. The first-order chi connectivity index (χ1) is 8.79. The summed E-state index contributed by atoms with van der Waals surface area (Å²) in [5.41, 5.74) is 0.781. The van der Waals surface area contributed by atoms with Crippen LogP contribution in [0.5, 0.6) is 0 Å². The molecule has 4 nitrogen and oxygen atoms in total. The van der Waals surface area contributed by atoms with Gasteiger partial charge in [0.05, 0.1) is 10.7 Å². The van der Waals surface area contributed by atoms with E-state index >= 15 is 0 Å². The van der Waals surface area contributed by atoms with Gasteiger partial charge in [-0.05, 0) is 6.92 Å². The molecule has 1 saturated heterocycles. The summed E-state index contributed by atoms with van der Waals surface area (Å²) in [6, 6.07) is 0. The Morgan fingerprint density at radius 2 is 1.89 bits per heavy atom. The molecule has 0 saturated carbocycles. The van der Waals surface area contributed by atoms with Crippen molar-refractivity contribution in [2.75, 3.05) is 24.6 Å². The lowest BCUT2D eigenvalue weighted by molar-refractivity contribution is 0.0775. The van der Waals surface area contributed by atoms with Crippen molar-refractivity contribution >= 4 is 28.0 Å². The van der Waals surface area contributed by atoms with Gasteiger partial charge < -0.3 is 4.90 Å². The third kappa shape index (κ3) is 3.23. The normalized spacial score (nSPS) is 17.8. The van der Waals surface area contributed by atoms with Crippen LogP contribution < -0.4 is 0 Å². The summed E-state index contributed by atoms with van der Waals surface area (Å²) < 4.78 is 11.3. The van der Waals surface area contributed by atoms with Crippen molar-refractivity contribution in [3.63, 3.8) is 0 Å². The van der Waals surface area contributed by atoms with Gasteiger partial charge in [0.2, 0.25) is 0 Å². The molecule has 0 bridgehead atoms. The fourth-order valence-corrected chi connectivity index (χ4v) is 4.04. The van der Waals surface area contributed by atoms with Gasteiger partial charge in [-0.15, -0.1) is 11.3 Å². The van der Waals surface area contributed by atoms with E-state index in [1.54, 1.807) is 4.90 Å². The lowest BCUT2D eigenvalue weighted by Gasteiger charge is -2.25. The second kappa shape index (κ2) is 5.32. The Balaban J connectivity index is 2.20. The second-order valence-electron chi connectivity index (χ2n) is 5.82. The molecule has 1 fully saturated rings. The minimum Gasteiger partial charge on any atom is -0.336 e. The lowest BCUT2D eigenvalue weighted by Crippen LogP contribution is -2.41. The number of nitrogens with zero attached hydrogens (tertiary/aromatic N) is 2. The van der Waals surface area contributed by atoms with Crippen molar-refractivity contribution in [3.05, 3.63) is 15.6 Å². The molecule has 0 spiro atoms. The Hall–Kier alpha value is -0.750. The first kappa shape index (κ1) is 14.7. The average Bonchev–Trinajstić information content (AvgIpc) is 2.71. The van der Waals surface area contributed by atoms with Crippen molar-refractivity contribution in [3.8, 4) is 0 Å². The van der Waals surface area contributed by atoms with Gasteiger partial charge in [0, 0.05) is 40.8 Å². The maximum atomic E-state index is 12.5. The first-order valence-corrected chi connectivity index (χ1v) is 8.71. The number of hydrogen-bond acceptors (Lipinski definition) is 4. The largest absolute Gasteiger partial charge is 0.336 e. The average molecular weight is 300 g/mol. The van der Waals surface area contributed by atoms with Crippen LogP contribution in [0.4, 0.5) is 0 Å². The topological polar surface area (TPSA) is 50.3 Å². The molecule has 1 aromatic rings. The summed E-state index contributed by atoms with van der Waals surface area (Å²) in [6.45, 7) is 9.37. The summed E-state index contributed by atoms with van der Waals surface area (Å²) >= 11 is 1.49. The molecule has 1 aliphatic heterocycles. The Morgan fingerprint density at radius 1 is 1.32 bits per heavy atom. The Morgan fingerprint density at radius 3 is 2.37 bits per heavy atom. The molecule has 1 amide bonds. The predicted molar refractivity (Wildman–Crippen MR) is 79.3 cm³/mol. The number of carbonyl (C=O) groups is 1. The molecule has 2 heterocycles. The zero-order valence-electron chi connectivity index (χ0n) is 11.9. The minimum absolute atomic E-state index is 0.0304. The van der Waals surface area contributed by atoms with E-state index < -0.39 is 10.8 Å². The molecule has 106 valence electrons. The zero-order chi connectivity index (χ0) is 14.2. The SMILES string of the molecule is Cc1nc(C(C)(C)C)sc1C(=O)N1CCS(=O)CC1. The highest BCUT2D eigenvalue weighted by atomic mass is 32.2. The predicted octanol–water partition coefficient (Wildman–Crippen LogP) is 1.95. The molecular weight excluding hydrogens is 280 g/mol. The van der Waals surface area contributed by atoms with E-state index in [0.29, 0.717) is 24.6 Å². The maximum Gasteiger partial charge on any atom is 0.265 e. The number of aromatic nitrogens is 1. The number of aryl methyl sites for hydroxylation is 1. The standard InChI is InChI=1S/C13H20N2O2S2/c1-9-10(18-12(14-9)13(2,3)4)11(16)15-5-7-19(17)8-6-15/h5-8H2,1-4H3. The van der Waals surface area contributed by atoms with Gasteiger partial charge in [-0.2, -0.15) is 0 Å². The number of hydrogen-bond donors (Lipinski definition) is 0. The van der Waals surface area contributed by atoms with Crippen LogP contribution in [0.2, 0.25) is 0 Å². The van der Waals surface area contributed by atoms with E-state index in [9.17, 15) is 9.00 Å². The molecule has 0 N–H and O–H groups in total. The Bertz CT molecular complexity index is 507. The van der Waals surface area contributed by atoms with Crippen molar-refractivity contribution in [1.82, 2.24) is 9.88 Å². The van der Waals surface area contributed by atoms with E-state index in [0.717, 1.165) is 15.6 Å². The van der Waals surface area contributed by atoms with Gasteiger partial charge in [0.15, 0.2) is 0 Å². The van der Waals surface area contributed by atoms with Crippen LogP contribution >= 0.6 is 11.3 Å². The van der Waals surface area contributed by atoms with Crippen molar-refractivity contribution < 1.29 is 9.00 Å². The Labute approximate surface area is 120 Å². The quantitative estimate of drug-likeness (QED) is 0.796. The number of thiazole rings is 1. The maximum absolute atomic E-state index is 12.5. The lowest BCUT2D eigenvalue weighted by atomic mass is 9.98. The highest BCUT2D eigenvalue weighted by molar-refractivity contribution is 7.85. The smallest absolute Gasteiger partial charge is 0.265 e. The number of carbonyl (C=O) groups excluding carboxylic acids is 1. The minimum atomic E-state index is -0.754. The van der Waals surface area contributed by atoms with E-state index in [4.69, 9.17) is 0 Å². The molecule has 19 heavy (non-hydrogen) atoms. The Kier molecular flexibility index (Phi) is 4.11. The highest BCUT2D eigenvalue weighted by Gasteiger charge is 2.27. The fraction of sp³-hybridized carbons (Fsp3) is 0.692. The highest BCUT2D eigenvalue weighted by Crippen LogP contribution is 2.30. The summed E-state index contributed by atoms with van der Waals surface area (Å²) in [7, 11) is -0.754. The molecule has 0 radical (unpaired) electrons. The monoisotopic (exact) mass is 300 g/mol. The van der Waals surface area contributed by atoms with E-state index in [2.05, 4.69) is 25.8 Å². The molecule has 1 aromatic heterocycles. The van der Waals surface area contributed by atoms with E-state index in [1.165, 1.54) is 11.3 Å². The number of amides is 1. The van der Waals surface area contributed by atoms with Gasteiger partial charge in [0.25, 0.3) is 5.91 Å². The van der Waals surface area contributed by atoms with Crippen LogP contribution in [-0.2, 0) is 16.2 Å². The van der Waals surface area contributed by atoms with Crippen LogP contribution in [-0.4, -0.2) is 44.6 Å². The van der Waals surface area contributed by atoms with Gasteiger partial charge in [-0.1, -0.05) is 20.8 Å². The second-order valence-corrected chi connectivity index (χ2v) is 8.52. The molecule has 0 aromatic carbocycles. The van der Waals surface area contributed by atoms with E-state index in [-0.39, 0.29) is 11.3 Å². The number of rotatable bonds is 1. The van der Waals surface area contributed by atoms with E-state index in [1.807, 2.05) is 6.92 Å². The van der Waals surface area contributed by atoms with Crippen LogP contribution in [0.1, 0.15) is 41.1 Å². The molecule has 0 unspecified atom stereocenters. The molecule has 0 aliphatic carbocycles. The fourth-order valence-electron chi connectivity index (χ4n) is 1.90. The third-order valence-corrected chi connectivity index (χ3v) is 5.94. The van der Waals surface area contributed by atoms with Crippen LogP contribution in [0, 0.1) is 6.92 Å². The zero-order valence-corrected chi connectivity index (χ0v) is 13.5. The third-order valence-electron chi connectivity index (χ3n) is 3.10. The molecular formula is C13H20N2O2S2. The van der Waals surface area contributed by atoms with Crippen LogP contribution in [0.3, 0.4) is 0 Å². The van der Waals surface area contributed by atoms with Crippen LogP contribution in [0.25, 0.3) is 0 Å². The van der Waals surface area contributed by atoms with Gasteiger partial charge in [-0.3, -0.25) is 9.00 Å². The molecule has 1 aliphatic rings. The molecule has 0 atom stereocenters. The van der Waals surface area contributed by atoms with Crippen molar-refractivity contribution in [1.29, 1.82) is 0 Å². The molecule has 6 heteroatoms. The van der Waals surface area contributed by atoms with Gasteiger partial charge >= 0.3 is 0 Å². The van der Waals surface area contributed by atoms with Crippen LogP contribution in [0.15, 0.2) is 0 Å². The molecule has 2 rings (SSSR count). The van der Waals surface area contributed by atoms with Crippen molar-refractivity contribution in [2.45, 2.75) is 33.1 Å². The van der Waals surface area contributed by atoms with Gasteiger partial charge in [0.1, 0.15) is 4.88 Å². The summed E-state index contributed by atoms with van der Waals surface area (Å²) in [4.78, 5) is 19.5. The summed E-state index contributed by atoms with van der Waals surface area (Å²) in [5.74, 6) is 1.23. The summed E-state index contributed by atoms with van der Waals surface area (Å²) in [5, 5.41) is 0.994. The van der Waals surface area contributed by atoms with Gasteiger partial charge in [-0.25, -0.2) is 4.98 Å². The van der Waals surface area contributed by atoms with Crippen molar-refractivity contribution in [2.24, 2.45) is 0 Å².